The summed E-state index contributed by atoms with van der Waals surface area (Å²) in [6.45, 7) is 5.58. The summed E-state index contributed by atoms with van der Waals surface area (Å²) in [6.07, 6.45) is 3.88. The molecule has 0 atom stereocenters. The molecule has 4 amide bonds. The summed E-state index contributed by atoms with van der Waals surface area (Å²) in [4.78, 5) is 51.9. The standard InChI is InChI=1S/C34H38N4O4/c1-21-11-27-15-28(12-21)32(40)36-18-24-5-9-26(10-6-24)20-38-34(42)30-14-22(2)13-29(16-30)33(41)37-19-25-7-3-23(4-8-25)17-35-31(27)39/h3-4,7-8,11-16,24,26H,5-6,9-10,17-20H2,1-2H3,(H,35,39)(H,36,40)(H,37,41)(H,38,42)/t24-,26+. The molecule has 1 saturated carbocycles. The average Bonchev–Trinajstić information content (AvgIpc) is 3.00. The van der Waals surface area contributed by atoms with Gasteiger partial charge in [0.15, 0.2) is 0 Å². The molecule has 4 N–H and O–H groups in total. The van der Waals surface area contributed by atoms with Crippen LogP contribution in [0.15, 0.2) is 60.7 Å². The van der Waals surface area contributed by atoms with Gasteiger partial charge in [0, 0.05) is 48.4 Å². The van der Waals surface area contributed by atoms with E-state index in [0.717, 1.165) is 47.9 Å². The molecule has 3 aromatic rings. The smallest absolute Gasteiger partial charge is 0.251 e. The van der Waals surface area contributed by atoms with Gasteiger partial charge in [-0.1, -0.05) is 24.3 Å². The fraction of sp³-hybridized carbons (Fsp3) is 0.353. The lowest BCUT2D eigenvalue weighted by Crippen LogP contribution is -2.35. The normalized spacial score (nSPS) is 20.3. The molecule has 0 spiro atoms. The minimum absolute atomic E-state index is 0.177. The Kier molecular flexibility index (Phi) is 9.00. The zero-order valence-corrected chi connectivity index (χ0v) is 24.2. The predicted octanol–water partition coefficient (Wildman–Crippen LogP) is 4.44. The molecule has 8 nitrogen and oxygen atoms in total. The van der Waals surface area contributed by atoms with E-state index < -0.39 is 0 Å². The number of amides is 4. The quantitative estimate of drug-likeness (QED) is 0.322. The van der Waals surface area contributed by atoms with Gasteiger partial charge in [0.05, 0.1) is 0 Å². The number of carbonyl (C=O) groups excluding carboxylic acids is 4. The van der Waals surface area contributed by atoms with Gasteiger partial charge in [-0.2, -0.15) is 0 Å². The van der Waals surface area contributed by atoms with Crippen molar-refractivity contribution >= 4 is 23.6 Å². The van der Waals surface area contributed by atoms with Gasteiger partial charge in [0.1, 0.15) is 0 Å². The molecule has 0 aromatic heterocycles. The molecule has 0 saturated heterocycles. The minimum Gasteiger partial charge on any atom is -0.352 e. The van der Waals surface area contributed by atoms with Crippen molar-refractivity contribution in [3.8, 4) is 0 Å². The second-order valence-electron chi connectivity index (χ2n) is 11.7. The van der Waals surface area contributed by atoms with E-state index >= 15 is 0 Å². The molecule has 3 aromatic carbocycles. The SMILES string of the molecule is Cc1cc2cc(c1)C(=O)NC[C@H]1CC[C@H](CC1)CNC(=O)c1cc(C)cc(c1)C(=O)NCc1ccc(cc1)CNC2=O. The Morgan fingerprint density at radius 1 is 0.476 bits per heavy atom. The first kappa shape index (κ1) is 29.0. The van der Waals surface area contributed by atoms with Crippen molar-refractivity contribution in [3.05, 3.63) is 105 Å². The van der Waals surface area contributed by atoms with Crippen LogP contribution in [-0.4, -0.2) is 36.7 Å². The molecule has 1 fully saturated rings. The van der Waals surface area contributed by atoms with Crippen molar-refractivity contribution in [2.75, 3.05) is 13.1 Å². The molecule has 0 radical (unpaired) electrons. The number of carbonyl (C=O) groups is 4. The number of aryl methyl sites for hydroxylation is 2. The van der Waals surface area contributed by atoms with Crippen molar-refractivity contribution in [2.24, 2.45) is 11.8 Å². The van der Waals surface area contributed by atoms with Gasteiger partial charge in [0.2, 0.25) is 0 Å². The second-order valence-corrected chi connectivity index (χ2v) is 11.7. The number of rotatable bonds is 0. The maximum Gasteiger partial charge on any atom is 0.251 e. The molecule has 8 rings (SSSR count). The van der Waals surface area contributed by atoms with Gasteiger partial charge in [-0.25, -0.2) is 0 Å². The zero-order valence-electron chi connectivity index (χ0n) is 24.2. The van der Waals surface area contributed by atoms with Crippen LogP contribution in [0.25, 0.3) is 0 Å². The van der Waals surface area contributed by atoms with E-state index in [9.17, 15) is 19.2 Å². The third-order valence-corrected chi connectivity index (χ3v) is 8.20. The third kappa shape index (κ3) is 7.43. The Morgan fingerprint density at radius 2 is 0.786 bits per heavy atom. The highest BCUT2D eigenvalue weighted by Gasteiger charge is 2.23. The fourth-order valence-corrected chi connectivity index (χ4v) is 5.75. The fourth-order valence-electron chi connectivity index (χ4n) is 5.75. The lowest BCUT2D eigenvalue weighted by molar-refractivity contribution is 0.0920. The summed E-state index contributed by atoms with van der Waals surface area (Å²) in [7, 11) is 0. The van der Waals surface area contributed by atoms with E-state index in [0.29, 0.717) is 60.3 Å². The molecule has 8 heteroatoms. The summed E-state index contributed by atoms with van der Waals surface area (Å²) in [5.74, 6) is -0.0953. The van der Waals surface area contributed by atoms with E-state index in [2.05, 4.69) is 21.3 Å². The first-order chi connectivity index (χ1) is 20.2. The lowest BCUT2D eigenvalue weighted by Gasteiger charge is -2.28. The molecule has 218 valence electrons. The predicted molar refractivity (Wildman–Crippen MR) is 161 cm³/mol. The molecular weight excluding hydrogens is 528 g/mol. The van der Waals surface area contributed by atoms with Gasteiger partial charge in [-0.3, -0.25) is 19.2 Å². The van der Waals surface area contributed by atoms with Crippen LogP contribution in [0.4, 0.5) is 0 Å². The van der Waals surface area contributed by atoms with Crippen molar-refractivity contribution < 1.29 is 19.2 Å². The Bertz CT molecular complexity index is 1380. The number of hydrogen-bond acceptors (Lipinski definition) is 4. The van der Waals surface area contributed by atoms with Crippen LogP contribution < -0.4 is 21.3 Å². The maximum atomic E-state index is 13.0. The van der Waals surface area contributed by atoms with Crippen LogP contribution in [0.3, 0.4) is 0 Å². The summed E-state index contributed by atoms with van der Waals surface area (Å²) in [5.41, 5.74) is 5.36. The largest absolute Gasteiger partial charge is 0.352 e. The molecular formula is C34H38N4O4. The van der Waals surface area contributed by atoms with Crippen LogP contribution in [0.1, 0.15) is 89.4 Å². The van der Waals surface area contributed by atoms with E-state index in [4.69, 9.17) is 0 Å². The number of hydrogen-bond donors (Lipinski definition) is 4. The minimum atomic E-state index is -0.242. The lowest BCUT2D eigenvalue weighted by atomic mass is 9.82. The number of benzene rings is 3. The van der Waals surface area contributed by atoms with Crippen LogP contribution in [0.2, 0.25) is 0 Å². The first-order valence-corrected chi connectivity index (χ1v) is 14.7. The topological polar surface area (TPSA) is 116 Å². The summed E-state index contributed by atoms with van der Waals surface area (Å²) in [6, 6.07) is 18.1. The molecule has 0 unspecified atom stereocenters. The molecule has 1 aliphatic carbocycles. The van der Waals surface area contributed by atoms with E-state index in [1.165, 1.54) is 0 Å². The highest BCUT2D eigenvalue weighted by Crippen LogP contribution is 2.28. The van der Waals surface area contributed by atoms with Gasteiger partial charge in [-0.15, -0.1) is 0 Å². The van der Waals surface area contributed by atoms with Gasteiger partial charge in [-0.05, 0) is 110 Å². The average molecular weight is 567 g/mol. The highest BCUT2D eigenvalue weighted by atomic mass is 16.2. The third-order valence-electron chi connectivity index (χ3n) is 8.20. The van der Waals surface area contributed by atoms with Gasteiger partial charge in [0.25, 0.3) is 23.6 Å². The van der Waals surface area contributed by atoms with Crippen LogP contribution >= 0.6 is 0 Å². The summed E-state index contributed by atoms with van der Waals surface area (Å²) < 4.78 is 0. The van der Waals surface area contributed by atoms with Gasteiger partial charge >= 0.3 is 0 Å². The Labute approximate surface area is 246 Å². The van der Waals surface area contributed by atoms with E-state index in [1.807, 2.05) is 38.1 Å². The Morgan fingerprint density at radius 3 is 1.12 bits per heavy atom. The van der Waals surface area contributed by atoms with Crippen LogP contribution in [0.5, 0.6) is 0 Å². The van der Waals surface area contributed by atoms with Crippen molar-refractivity contribution in [2.45, 2.75) is 52.6 Å². The second kappa shape index (κ2) is 13.0. The molecule has 4 heterocycles. The van der Waals surface area contributed by atoms with Gasteiger partial charge < -0.3 is 21.3 Å². The van der Waals surface area contributed by atoms with E-state index in [1.54, 1.807) is 36.4 Å². The Balaban J connectivity index is 1.34. The molecule has 5 aliphatic rings. The highest BCUT2D eigenvalue weighted by molar-refractivity contribution is 6.01. The van der Waals surface area contributed by atoms with Crippen molar-refractivity contribution in [1.29, 1.82) is 0 Å². The summed E-state index contributed by atoms with van der Waals surface area (Å²) in [5, 5.41) is 12.0. The van der Waals surface area contributed by atoms with Crippen LogP contribution in [-0.2, 0) is 13.1 Å². The van der Waals surface area contributed by atoms with Crippen LogP contribution in [0, 0.1) is 25.7 Å². The monoisotopic (exact) mass is 566 g/mol. The Hall–Kier alpha value is -4.46. The molecule has 4 aliphatic heterocycles. The first-order valence-electron chi connectivity index (χ1n) is 14.7. The van der Waals surface area contributed by atoms with Crippen molar-refractivity contribution in [3.63, 3.8) is 0 Å². The summed E-state index contributed by atoms with van der Waals surface area (Å²) >= 11 is 0. The maximum absolute atomic E-state index is 13.0. The van der Waals surface area contributed by atoms with Crippen molar-refractivity contribution in [1.82, 2.24) is 21.3 Å². The number of nitrogens with one attached hydrogen (secondary N) is 4. The molecule has 42 heavy (non-hydrogen) atoms. The zero-order chi connectivity index (χ0) is 29.6. The molecule has 8 bridgehead atoms. The van der Waals surface area contributed by atoms with E-state index in [-0.39, 0.29) is 23.6 Å².